The van der Waals surface area contributed by atoms with Gasteiger partial charge in [0.15, 0.2) is 0 Å². The van der Waals surface area contributed by atoms with Gasteiger partial charge in [0.1, 0.15) is 0 Å². The number of nitrogens with zero attached hydrogens (tertiary/aromatic N) is 2. The van der Waals surface area contributed by atoms with Crippen LogP contribution in [0.2, 0.25) is 5.02 Å². The van der Waals surface area contributed by atoms with Crippen molar-refractivity contribution in [3.8, 4) is 0 Å². The van der Waals surface area contributed by atoms with Crippen LogP contribution < -0.4 is 5.32 Å². The third-order valence-electron chi connectivity index (χ3n) is 4.04. The van der Waals surface area contributed by atoms with E-state index in [1.165, 1.54) is 0 Å². The maximum Gasteiger partial charge on any atom is 0.255 e. The summed E-state index contributed by atoms with van der Waals surface area (Å²) in [4.78, 5) is 21.7. The first kappa shape index (κ1) is 15.5. The predicted octanol–water partition coefficient (Wildman–Crippen LogP) is 5.00. The summed E-state index contributed by atoms with van der Waals surface area (Å²) in [6, 6.07) is 18.4. The fraction of sp³-hybridized carbons (Fsp3) is 0.0500. The molecule has 0 aliphatic rings. The summed E-state index contributed by atoms with van der Waals surface area (Å²) in [6.07, 6.45) is 0. The molecule has 0 spiro atoms. The van der Waals surface area contributed by atoms with Crippen LogP contribution in [-0.2, 0) is 0 Å². The Morgan fingerprint density at radius 2 is 1.56 bits per heavy atom. The number of carbonyl (C=O) groups is 1. The van der Waals surface area contributed by atoms with Crippen LogP contribution in [0, 0.1) is 6.92 Å². The van der Waals surface area contributed by atoms with Gasteiger partial charge in [-0.2, -0.15) is 0 Å². The molecule has 0 aliphatic carbocycles. The smallest absolute Gasteiger partial charge is 0.255 e. The summed E-state index contributed by atoms with van der Waals surface area (Å²) in [6.45, 7) is 1.90. The third kappa shape index (κ3) is 3.04. The van der Waals surface area contributed by atoms with E-state index in [4.69, 9.17) is 11.6 Å². The Balaban J connectivity index is 1.70. The monoisotopic (exact) mass is 347 g/mol. The maximum absolute atomic E-state index is 12.6. The molecule has 0 fully saturated rings. The second kappa shape index (κ2) is 6.15. The number of rotatable bonds is 2. The van der Waals surface area contributed by atoms with Gasteiger partial charge >= 0.3 is 0 Å². The molecular weight excluding hydrogens is 334 g/mol. The van der Waals surface area contributed by atoms with Crippen molar-refractivity contribution >= 4 is 45.3 Å². The normalized spacial score (nSPS) is 11.0. The van der Waals surface area contributed by atoms with Crippen molar-refractivity contribution < 1.29 is 4.79 Å². The highest BCUT2D eigenvalue weighted by Crippen LogP contribution is 2.21. The van der Waals surface area contributed by atoms with E-state index in [-0.39, 0.29) is 5.91 Å². The Hall–Kier alpha value is -2.98. The van der Waals surface area contributed by atoms with Gasteiger partial charge in [0, 0.05) is 16.3 Å². The maximum atomic E-state index is 12.6. The van der Waals surface area contributed by atoms with Gasteiger partial charge < -0.3 is 5.32 Å². The number of hydrogen-bond acceptors (Lipinski definition) is 3. The summed E-state index contributed by atoms with van der Waals surface area (Å²) in [5.41, 5.74) is 5.28. The number of anilines is 1. The minimum absolute atomic E-state index is 0.192. The number of para-hydroxylation sites is 2. The molecule has 4 rings (SSSR count). The first-order valence-electron chi connectivity index (χ1n) is 7.84. The van der Waals surface area contributed by atoms with Crippen LogP contribution in [-0.4, -0.2) is 15.9 Å². The SMILES string of the molecule is Cc1cc(Cl)ccc1NC(=O)c1ccc2nc3ccccc3nc2c1. The first-order chi connectivity index (χ1) is 12.1. The minimum atomic E-state index is -0.192. The molecule has 0 aliphatic heterocycles. The van der Waals surface area contributed by atoms with Crippen LogP contribution in [0.4, 0.5) is 5.69 Å². The second-order valence-electron chi connectivity index (χ2n) is 5.83. The van der Waals surface area contributed by atoms with Crippen LogP contribution in [0.1, 0.15) is 15.9 Å². The molecular formula is C20H14ClN3O. The van der Waals surface area contributed by atoms with Crippen molar-refractivity contribution in [2.45, 2.75) is 6.92 Å². The van der Waals surface area contributed by atoms with Crippen molar-refractivity contribution in [1.82, 2.24) is 9.97 Å². The number of fused-ring (bicyclic) bond motifs is 2. The van der Waals surface area contributed by atoms with Crippen LogP contribution in [0.3, 0.4) is 0 Å². The first-order valence-corrected chi connectivity index (χ1v) is 8.22. The number of benzene rings is 3. The van der Waals surface area contributed by atoms with Crippen molar-refractivity contribution in [3.63, 3.8) is 0 Å². The van der Waals surface area contributed by atoms with E-state index >= 15 is 0 Å². The Bertz CT molecular complexity index is 1120. The average molecular weight is 348 g/mol. The molecule has 1 heterocycles. The summed E-state index contributed by atoms with van der Waals surface area (Å²) in [7, 11) is 0. The van der Waals surface area contributed by atoms with E-state index in [1.54, 1.807) is 24.3 Å². The standard InChI is InChI=1S/C20H14ClN3O/c1-12-10-14(21)7-9-15(12)24-20(25)13-6-8-18-19(11-13)23-17-5-3-2-4-16(17)22-18/h2-11H,1H3,(H,24,25). The van der Waals surface area contributed by atoms with Crippen LogP contribution >= 0.6 is 11.6 Å². The summed E-state index contributed by atoms with van der Waals surface area (Å²) >= 11 is 5.96. The number of aryl methyl sites for hydroxylation is 1. The summed E-state index contributed by atoms with van der Waals surface area (Å²) < 4.78 is 0. The van der Waals surface area contributed by atoms with E-state index < -0.39 is 0 Å². The lowest BCUT2D eigenvalue weighted by atomic mass is 10.1. The number of halogens is 1. The fourth-order valence-electron chi connectivity index (χ4n) is 2.72. The van der Waals surface area contributed by atoms with Crippen molar-refractivity contribution in [2.75, 3.05) is 5.32 Å². The molecule has 0 radical (unpaired) electrons. The van der Waals surface area contributed by atoms with Gasteiger partial charge in [-0.25, -0.2) is 9.97 Å². The van der Waals surface area contributed by atoms with Crippen molar-refractivity contribution in [2.24, 2.45) is 0 Å². The van der Waals surface area contributed by atoms with Crippen molar-refractivity contribution in [1.29, 1.82) is 0 Å². The number of nitrogens with one attached hydrogen (secondary N) is 1. The fourth-order valence-corrected chi connectivity index (χ4v) is 2.95. The molecule has 0 atom stereocenters. The molecule has 5 heteroatoms. The molecule has 122 valence electrons. The Kier molecular flexibility index (Phi) is 3.82. The molecule has 25 heavy (non-hydrogen) atoms. The largest absolute Gasteiger partial charge is 0.322 e. The Labute approximate surface area is 149 Å². The molecule has 0 saturated carbocycles. The van der Waals surface area contributed by atoms with Gasteiger partial charge in [0.2, 0.25) is 0 Å². The molecule has 0 bridgehead atoms. The molecule has 1 aromatic heterocycles. The van der Waals surface area contributed by atoms with Gasteiger partial charge in [0.05, 0.1) is 22.1 Å². The van der Waals surface area contributed by atoms with Gasteiger partial charge in [-0.15, -0.1) is 0 Å². The topological polar surface area (TPSA) is 54.9 Å². The van der Waals surface area contributed by atoms with Crippen LogP contribution in [0.5, 0.6) is 0 Å². The van der Waals surface area contributed by atoms with E-state index in [2.05, 4.69) is 15.3 Å². The van der Waals surface area contributed by atoms with Crippen LogP contribution in [0.25, 0.3) is 22.1 Å². The van der Waals surface area contributed by atoms with Gasteiger partial charge in [0.25, 0.3) is 5.91 Å². The highest BCUT2D eigenvalue weighted by atomic mass is 35.5. The van der Waals surface area contributed by atoms with E-state index in [1.807, 2.05) is 43.3 Å². The lowest BCUT2D eigenvalue weighted by molar-refractivity contribution is 0.102. The zero-order valence-electron chi connectivity index (χ0n) is 13.5. The molecule has 4 nitrogen and oxygen atoms in total. The number of aromatic nitrogens is 2. The molecule has 0 saturated heterocycles. The average Bonchev–Trinajstić information content (AvgIpc) is 2.61. The molecule has 3 aromatic carbocycles. The predicted molar refractivity (Wildman–Crippen MR) is 101 cm³/mol. The number of amides is 1. The van der Waals surface area contributed by atoms with E-state index in [9.17, 15) is 4.79 Å². The molecule has 0 unspecified atom stereocenters. The van der Waals surface area contributed by atoms with Gasteiger partial charge in [-0.3, -0.25) is 4.79 Å². The van der Waals surface area contributed by atoms with Gasteiger partial charge in [-0.1, -0.05) is 23.7 Å². The molecule has 1 N–H and O–H groups in total. The van der Waals surface area contributed by atoms with Crippen LogP contribution in [0.15, 0.2) is 60.7 Å². The Morgan fingerprint density at radius 3 is 2.28 bits per heavy atom. The quantitative estimate of drug-likeness (QED) is 0.519. The highest BCUT2D eigenvalue weighted by Gasteiger charge is 2.10. The zero-order chi connectivity index (χ0) is 17.4. The summed E-state index contributed by atoms with van der Waals surface area (Å²) in [5.74, 6) is -0.192. The Morgan fingerprint density at radius 1 is 0.880 bits per heavy atom. The number of carbonyl (C=O) groups excluding carboxylic acids is 1. The van der Waals surface area contributed by atoms with Crippen molar-refractivity contribution in [3.05, 3.63) is 76.8 Å². The molecule has 4 aromatic rings. The second-order valence-corrected chi connectivity index (χ2v) is 6.27. The highest BCUT2D eigenvalue weighted by molar-refractivity contribution is 6.30. The lowest BCUT2D eigenvalue weighted by Gasteiger charge is -2.09. The van der Waals surface area contributed by atoms with E-state index in [0.717, 1.165) is 27.8 Å². The van der Waals surface area contributed by atoms with E-state index in [0.29, 0.717) is 16.1 Å². The number of hydrogen-bond donors (Lipinski definition) is 1. The zero-order valence-corrected chi connectivity index (χ0v) is 14.2. The summed E-state index contributed by atoms with van der Waals surface area (Å²) in [5, 5.41) is 3.55. The minimum Gasteiger partial charge on any atom is -0.322 e. The molecule has 1 amide bonds. The lowest BCUT2D eigenvalue weighted by Crippen LogP contribution is -2.12. The van der Waals surface area contributed by atoms with Gasteiger partial charge in [-0.05, 0) is 61.0 Å². The third-order valence-corrected chi connectivity index (χ3v) is 4.27.